The smallest absolute Gasteiger partial charge is 0.163 e. The first-order valence-corrected chi connectivity index (χ1v) is 9.65. The highest BCUT2D eigenvalue weighted by Crippen LogP contribution is 2.45. The van der Waals surface area contributed by atoms with Crippen LogP contribution in [0.15, 0.2) is 59.8 Å². The number of halogens is 1. The molecule has 2 aliphatic rings. The Morgan fingerprint density at radius 3 is 2.56 bits per heavy atom. The van der Waals surface area contributed by atoms with Crippen LogP contribution in [0.25, 0.3) is 0 Å². The van der Waals surface area contributed by atoms with E-state index < -0.39 is 0 Å². The molecule has 0 amide bonds. The summed E-state index contributed by atoms with van der Waals surface area (Å²) in [6, 6.07) is 16.5. The molecular weight excluding hydrogens is 423 g/mol. The van der Waals surface area contributed by atoms with Gasteiger partial charge in [-0.25, -0.2) is 0 Å². The van der Waals surface area contributed by atoms with E-state index in [1.54, 1.807) is 0 Å². The van der Waals surface area contributed by atoms with Gasteiger partial charge in [-0.15, -0.1) is 0 Å². The van der Waals surface area contributed by atoms with Crippen molar-refractivity contribution in [3.63, 3.8) is 0 Å². The number of allylic oxidation sites excluding steroid dienone is 1. The molecule has 0 saturated carbocycles. The third kappa shape index (κ3) is 3.19. The monoisotopic (exact) mass is 444 g/mol. The Morgan fingerprint density at radius 2 is 1.80 bits per heavy atom. The second-order valence-electron chi connectivity index (χ2n) is 7.64. The fourth-order valence-corrected chi connectivity index (χ4v) is 4.39. The molecule has 0 bridgehead atoms. The van der Waals surface area contributed by atoms with Crippen LogP contribution in [-0.2, 0) is 4.79 Å². The first-order valence-electron chi connectivity index (χ1n) is 8.57. The Balaban J connectivity index is 1.90. The molecule has 0 unspecified atom stereocenters. The summed E-state index contributed by atoms with van der Waals surface area (Å²) in [6.07, 6.45) is 1.47. The van der Waals surface area contributed by atoms with Crippen molar-refractivity contribution in [3.8, 4) is 0 Å². The highest BCUT2D eigenvalue weighted by Gasteiger charge is 2.38. The Bertz CT molecular complexity index is 885. The van der Waals surface area contributed by atoms with Crippen molar-refractivity contribution in [1.82, 2.24) is 0 Å². The Kier molecular flexibility index (Phi) is 4.10. The first-order chi connectivity index (χ1) is 11.9. The number of ketones is 1. The number of rotatable bonds is 1. The molecule has 3 nitrogen and oxygen atoms in total. The summed E-state index contributed by atoms with van der Waals surface area (Å²) in [6.45, 7) is 4.34. The second-order valence-corrected chi connectivity index (χ2v) is 8.88. The van der Waals surface area contributed by atoms with E-state index in [1.165, 1.54) is 3.57 Å². The van der Waals surface area contributed by atoms with Crippen LogP contribution in [-0.4, -0.2) is 5.78 Å². The molecule has 0 saturated heterocycles. The van der Waals surface area contributed by atoms with Crippen molar-refractivity contribution >= 4 is 39.7 Å². The minimum absolute atomic E-state index is 0.0160. The molecule has 2 aromatic carbocycles. The van der Waals surface area contributed by atoms with Crippen LogP contribution in [0.4, 0.5) is 11.4 Å². The van der Waals surface area contributed by atoms with E-state index in [2.05, 4.69) is 83.5 Å². The number of carbonyl (C=O) groups is 1. The standard InChI is InChI=1S/C21H21IN2O/c1-21(2)11-17-19(18(25)12-21)20(13-6-5-7-14(22)10-13)24-16-9-4-3-8-15(16)23-17/h3-10,20,23-24H,11-12H2,1-2H3/t20-/m1/s1. The number of benzene rings is 2. The Labute approximate surface area is 162 Å². The maximum atomic E-state index is 13.1. The number of anilines is 2. The topological polar surface area (TPSA) is 41.1 Å². The predicted molar refractivity (Wildman–Crippen MR) is 111 cm³/mol. The molecule has 128 valence electrons. The van der Waals surface area contributed by atoms with Gasteiger partial charge in [0, 0.05) is 21.3 Å². The molecule has 0 spiro atoms. The van der Waals surface area contributed by atoms with E-state index in [-0.39, 0.29) is 17.2 Å². The molecule has 2 N–H and O–H groups in total. The molecule has 4 rings (SSSR count). The molecule has 1 atom stereocenters. The van der Waals surface area contributed by atoms with E-state index in [1.807, 2.05) is 12.1 Å². The van der Waals surface area contributed by atoms with E-state index in [4.69, 9.17) is 0 Å². The normalized spacial score (nSPS) is 21.6. The van der Waals surface area contributed by atoms with Gasteiger partial charge in [-0.1, -0.05) is 38.1 Å². The number of nitrogens with one attached hydrogen (secondary N) is 2. The highest BCUT2D eigenvalue weighted by molar-refractivity contribution is 14.1. The fraction of sp³-hybridized carbons (Fsp3) is 0.286. The predicted octanol–water partition coefficient (Wildman–Crippen LogP) is 5.51. The zero-order valence-electron chi connectivity index (χ0n) is 14.4. The number of fused-ring (bicyclic) bond motifs is 1. The average Bonchev–Trinajstić information content (AvgIpc) is 2.70. The molecule has 1 aliphatic heterocycles. The first kappa shape index (κ1) is 16.6. The van der Waals surface area contributed by atoms with E-state index in [9.17, 15) is 4.79 Å². The lowest BCUT2D eigenvalue weighted by atomic mass is 9.73. The van der Waals surface area contributed by atoms with Gasteiger partial charge in [0.25, 0.3) is 0 Å². The van der Waals surface area contributed by atoms with Crippen molar-refractivity contribution in [2.24, 2.45) is 5.41 Å². The van der Waals surface area contributed by atoms with Crippen LogP contribution in [0.2, 0.25) is 0 Å². The van der Waals surface area contributed by atoms with Gasteiger partial charge in [-0.05, 0) is 64.3 Å². The third-order valence-electron chi connectivity index (χ3n) is 4.90. The van der Waals surface area contributed by atoms with Crippen LogP contribution in [0.5, 0.6) is 0 Å². The summed E-state index contributed by atoms with van der Waals surface area (Å²) in [5.74, 6) is 0.239. The number of hydrogen-bond acceptors (Lipinski definition) is 3. The molecule has 1 heterocycles. The third-order valence-corrected chi connectivity index (χ3v) is 5.57. The van der Waals surface area contributed by atoms with Crippen LogP contribution >= 0.6 is 22.6 Å². The summed E-state index contributed by atoms with van der Waals surface area (Å²) < 4.78 is 1.17. The lowest BCUT2D eigenvalue weighted by molar-refractivity contribution is -0.118. The van der Waals surface area contributed by atoms with Gasteiger partial charge in [0.2, 0.25) is 0 Å². The number of carbonyl (C=O) groups excluding carboxylic acids is 1. The molecule has 0 aromatic heterocycles. The molecule has 0 radical (unpaired) electrons. The summed E-state index contributed by atoms with van der Waals surface area (Å²) in [4.78, 5) is 13.1. The molecular formula is C21H21IN2O. The van der Waals surface area contributed by atoms with Crippen molar-refractivity contribution < 1.29 is 4.79 Å². The van der Waals surface area contributed by atoms with Crippen LogP contribution < -0.4 is 10.6 Å². The van der Waals surface area contributed by atoms with Gasteiger partial charge in [0.05, 0.1) is 17.4 Å². The largest absolute Gasteiger partial charge is 0.372 e. The minimum Gasteiger partial charge on any atom is -0.372 e. The summed E-state index contributed by atoms with van der Waals surface area (Å²) in [5, 5.41) is 7.17. The van der Waals surface area contributed by atoms with Crippen LogP contribution in [0, 0.1) is 8.99 Å². The molecule has 25 heavy (non-hydrogen) atoms. The van der Waals surface area contributed by atoms with Crippen molar-refractivity contribution in [1.29, 1.82) is 0 Å². The Hall–Kier alpha value is -1.82. The quantitative estimate of drug-likeness (QED) is 0.570. The van der Waals surface area contributed by atoms with Crippen LogP contribution in [0.1, 0.15) is 38.3 Å². The highest BCUT2D eigenvalue weighted by atomic mass is 127. The summed E-state index contributed by atoms with van der Waals surface area (Å²) in [5.41, 5.74) is 5.13. The van der Waals surface area contributed by atoms with E-state index in [0.717, 1.165) is 34.6 Å². The molecule has 2 aromatic rings. The summed E-state index contributed by atoms with van der Waals surface area (Å²) >= 11 is 2.33. The molecule has 0 fully saturated rings. The van der Waals surface area contributed by atoms with Gasteiger partial charge in [-0.3, -0.25) is 4.79 Å². The van der Waals surface area contributed by atoms with Gasteiger partial charge in [0.15, 0.2) is 5.78 Å². The zero-order valence-corrected chi connectivity index (χ0v) is 16.6. The maximum Gasteiger partial charge on any atom is 0.163 e. The minimum atomic E-state index is -0.121. The SMILES string of the molecule is CC1(C)CC(=O)C2=C(C1)Nc1ccccc1N[C@@H]2c1cccc(I)c1. The van der Waals surface area contributed by atoms with Gasteiger partial charge in [-0.2, -0.15) is 0 Å². The van der Waals surface area contributed by atoms with Gasteiger partial charge in [0.1, 0.15) is 0 Å². The van der Waals surface area contributed by atoms with E-state index in [0.29, 0.717) is 6.42 Å². The van der Waals surface area contributed by atoms with Crippen LogP contribution in [0.3, 0.4) is 0 Å². The molecule has 1 aliphatic carbocycles. The zero-order chi connectivity index (χ0) is 17.6. The molecule has 4 heteroatoms. The van der Waals surface area contributed by atoms with Gasteiger partial charge < -0.3 is 10.6 Å². The summed E-state index contributed by atoms with van der Waals surface area (Å²) in [7, 11) is 0. The number of hydrogen-bond donors (Lipinski definition) is 2. The fourth-order valence-electron chi connectivity index (χ4n) is 3.83. The van der Waals surface area contributed by atoms with Crippen molar-refractivity contribution in [3.05, 3.63) is 68.9 Å². The average molecular weight is 444 g/mol. The Morgan fingerprint density at radius 1 is 1.04 bits per heavy atom. The van der Waals surface area contributed by atoms with Crippen molar-refractivity contribution in [2.75, 3.05) is 10.6 Å². The second kappa shape index (κ2) is 6.16. The van der Waals surface area contributed by atoms with Gasteiger partial charge >= 0.3 is 0 Å². The van der Waals surface area contributed by atoms with E-state index >= 15 is 0 Å². The van der Waals surface area contributed by atoms with Crippen molar-refractivity contribution in [2.45, 2.75) is 32.7 Å². The number of Topliss-reactive ketones (excluding diaryl/α,β-unsaturated/α-hetero) is 1. The number of para-hydroxylation sites is 2. The lowest BCUT2D eigenvalue weighted by Crippen LogP contribution is -2.31. The maximum absolute atomic E-state index is 13.1. The lowest BCUT2D eigenvalue weighted by Gasteiger charge is -2.34.